The maximum Gasteiger partial charge on any atom is 0.171 e. The van der Waals surface area contributed by atoms with Crippen LogP contribution >= 0.6 is 15.9 Å². The van der Waals surface area contributed by atoms with Crippen molar-refractivity contribution in [2.24, 2.45) is 0 Å². The largest absolute Gasteiger partial charge is 0.294 e. The quantitative estimate of drug-likeness (QED) is 0.776. The summed E-state index contributed by atoms with van der Waals surface area (Å²) in [5.41, 5.74) is 1.62. The molecular formula is C15H15BrF2N2O. The van der Waals surface area contributed by atoms with Crippen LogP contribution in [0.3, 0.4) is 0 Å². The van der Waals surface area contributed by atoms with Crippen LogP contribution in [-0.4, -0.2) is 15.6 Å². The highest BCUT2D eigenvalue weighted by Crippen LogP contribution is 2.24. The van der Waals surface area contributed by atoms with E-state index >= 15 is 0 Å². The van der Waals surface area contributed by atoms with Crippen LogP contribution in [-0.2, 0) is 13.0 Å². The first-order chi connectivity index (χ1) is 9.85. The molecule has 21 heavy (non-hydrogen) atoms. The monoisotopic (exact) mass is 356 g/mol. The molecular weight excluding hydrogens is 342 g/mol. The number of carbonyl (C=O) groups is 1. The molecule has 0 saturated heterocycles. The molecule has 1 aromatic heterocycles. The van der Waals surface area contributed by atoms with Gasteiger partial charge in [0.25, 0.3) is 0 Å². The summed E-state index contributed by atoms with van der Waals surface area (Å²) in [6.07, 6.45) is 0.0112. The average Bonchev–Trinajstić information content (AvgIpc) is 2.70. The van der Waals surface area contributed by atoms with Crippen molar-refractivity contribution in [3.63, 3.8) is 0 Å². The zero-order chi connectivity index (χ0) is 15.7. The smallest absolute Gasteiger partial charge is 0.171 e. The van der Waals surface area contributed by atoms with Crippen LogP contribution in [0, 0.1) is 25.5 Å². The number of rotatable bonds is 4. The standard InChI is InChI=1S/C15H15BrF2N2O/c1-4-20-13(15(16)9(3)19-20)7-14(21)10-5-8(2)11(17)6-12(10)18/h5-6H,4,7H2,1-3H3. The number of carbonyl (C=O) groups excluding carboxylic acids is 1. The number of benzene rings is 1. The molecule has 0 N–H and O–H groups in total. The summed E-state index contributed by atoms with van der Waals surface area (Å²) in [7, 11) is 0. The Morgan fingerprint density at radius 2 is 1.95 bits per heavy atom. The van der Waals surface area contributed by atoms with Gasteiger partial charge in [-0.3, -0.25) is 9.48 Å². The van der Waals surface area contributed by atoms with Crippen LogP contribution in [0.4, 0.5) is 8.78 Å². The summed E-state index contributed by atoms with van der Waals surface area (Å²) in [5.74, 6) is -1.89. The number of Topliss-reactive ketones (excluding diaryl/α,β-unsaturated/α-hetero) is 1. The van der Waals surface area contributed by atoms with Crippen LogP contribution in [0.5, 0.6) is 0 Å². The number of halogens is 3. The van der Waals surface area contributed by atoms with Gasteiger partial charge in [0, 0.05) is 12.6 Å². The molecule has 112 valence electrons. The van der Waals surface area contributed by atoms with Crippen molar-refractivity contribution in [3.8, 4) is 0 Å². The van der Waals surface area contributed by atoms with Crippen molar-refractivity contribution in [2.75, 3.05) is 0 Å². The summed E-state index contributed by atoms with van der Waals surface area (Å²) < 4.78 is 29.5. The van der Waals surface area contributed by atoms with Crippen molar-refractivity contribution in [2.45, 2.75) is 33.7 Å². The highest BCUT2D eigenvalue weighted by molar-refractivity contribution is 9.10. The van der Waals surface area contributed by atoms with E-state index in [9.17, 15) is 13.6 Å². The predicted molar refractivity (Wildman–Crippen MR) is 79.5 cm³/mol. The van der Waals surface area contributed by atoms with Crippen LogP contribution in [0.15, 0.2) is 16.6 Å². The summed E-state index contributed by atoms with van der Waals surface area (Å²) >= 11 is 3.40. The van der Waals surface area contributed by atoms with E-state index in [1.807, 2.05) is 13.8 Å². The molecule has 2 aromatic rings. The van der Waals surface area contributed by atoms with Gasteiger partial charge in [0.2, 0.25) is 0 Å². The molecule has 0 amide bonds. The first-order valence-corrected chi connectivity index (χ1v) is 7.35. The lowest BCUT2D eigenvalue weighted by Crippen LogP contribution is -2.12. The second-order valence-electron chi connectivity index (χ2n) is 4.84. The fourth-order valence-corrected chi connectivity index (χ4v) is 2.58. The van der Waals surface area contributed by atoms with E-state index in [0.29, 0.717) is 12.2 Å². The normalized spacial score (nSPS) is 11.0. The summed E-state index contributed by atoms with van der Waals surface area (Å²) in [6.45, 7) is 5.85. The van der Waals surface area contributed by atoms with E-state index in [1.165, 1.54) is 13.0 Å². The molecule has 6 heteroatoms. The topological polar surface area (TPSA) is 34.9 Å². The number of nitrogens with zero attached hydrogens (tertiary/aromatic N) is 2. The maximum atomic E-state index is 13.8. The van der Waals surface area contributed by atoms with Crippen LogP contribution < -0.4 is 0 Å². The van der Waals surface area contributed by atoms with Gasteiger partial charge in [0.1, 0.15) is 11.6 Å². The number of hydrogen-bond donors (Lipinski definition) is 0. The second-order valence-corrected chi connectivity index (χ2v) is 5.64. The number of aromatic nitrogens is 2. The zero-order valence-corrected chi connectivity index (χ0v) is 13.6. The molecule has 0 aliphatic heterocycles. The Labute approximate surface area is 130 Å². The molecule has 1 heterocycles. The van der Waals surface area contributed by atoms with Gasteiger partial charge in [-0.1, -0.05) is 0 Å². The molecule has 1 aromatic carbocycles. The van der Waals surface area contributed by atoms with Crippen LogP contribution in [0.2, 0.25) is 0 Å². The van der Waals surface area contributed by atoms with Gasteiger partial charge in [-0.05, 0) is 48.3 Å². The lowest BCUT2D eigenvalue weighted by Gasteiger charge is -2.07. The molecule has 0 bridgehead atoms. The van der Waals surface area contributed by atoms with Gasteiger partial charge >= 0.3 is 0 Å². The molecule has 0 fully saturated rings. The molecule has 0 radical (unpaired) electrons. The fourth-order valence-electron chi connectivity index (χ4n) is 2.16. The van der Waals surface area contributed by atoms with Crippen molar-refractivity contribution >= 4 is 21.7 Å². The molecule has 0 spiro atoms. The van der Waals surface area contributed by atoms with Crippen molar-refractivity contribution in [1.29, 1.82) is 0 Å². The summed E-state index contributed by atoms with van der Waals surface area (Å²) in [6, 6.07) is 2.00. The Balaban J connectivity index is 2.37. The van der Waals surface area contributed by atoms with Gasteiger partial charge in [-0.15, -0.1) is 0 Å². The third-order valence-corrected chi connectivity index (χ3v) is 4.36. The number of ketones is 1. The summed E-state index contributed by atoms with van der Waals surface area (Å²) in [4.78, 5) is 12.3. The SMILES string of the molecule is CCn1nc(C)c(Br)c1CC(=O)c1cc(C)c(F)cc1F. The first kappa shape index (κ1) is 15.8. The molecule has 0 atom stereocenters. The highest BCUT2D eigenvalue weighted by Gasteiger charge is 2.20. The van der Waals surface area contributed by atoms with Gasteiger partial charge in [-0.2, -0.15) is 5.10 Å². The van der Waals surface area contributed by atoms with Gasteiger partial charge < -0.3 is 0 Å². The minimum absolute atomic E-state index is 0.0112. The van der Waals surface area contributed by atoms with E-state index in [-0.39, 0.29) is 17.5 Å². The zero-order valence-electron chi connectivity index (χ0n) is 12.0. The third kappa shape index (κ3) is 3.05. The van der Waals surface area contributed by atoms with Crippen molar-refractivity contribution < 1.29 is 13.6 Å². The minimum Gasteiger partial charge on any atom is -0.294 e. The number of hydrogen-bond acceptors (Lipinski definition) is 2. The molecule has 3 nitrogen and oxygen atoms in total. The van der Waals surface area contributed by atoms with Gasteiger partial charge in [-0.25, -0.2) is 8.78 Å². The Morgan fingerprint density at radius 1 is 1.29 bits per heavy atom. The molecule has 0 aliphatic carbocycles. The molecule has 2 rings (SSSR count). The first-order valence-electron chi connectivity index (χ1n) is 6.55. The average molecular weight is 357 g/mol. The van der Waals surface area contributed by atoms with Gasteiger partial charge in [0.05, 0.1) is 27.8 Å². The predicted octanol–water partition coefficient (Wildman–Crippen LogP) is 3.99. The maximum absolute atomic E-state index is 13.8. The minimum atomic E-state index is -0.835. The second kappa shape index (κ2) is 6.05. The van der Waals surface area contributed by atoms with E-state index in [1.54, 1.807) is 4.68 Å². The Kier molecular flexibility index (Phi) is 4.56. The van der Waals surface area contributed by atoms with Crippen LogP contribution in [0.1, 0.15) is 34.2 Å². The van der Waals surface area contributed by atoms with E-state index in [2.05, 4.69) is 21.0 Å². The third-order valence-electron chi connectivity index (χ3n) is 3.33. The summed E-state index contributed by atoms with van der Waals surface area (Å²) in [5, 5.41) is 4.29. The van der Waals surface area contributed by atoms with Gasteiger partial charge in [0.15, 0.2) is 5.78 Å². The molecule has 0 aliphatic rings. The van der Waals surface area contributed by atoms with Crippen LogP contribution in [0.25, 0.3) is 0 Å². The Morgan fingerprint density at radius 3 is 2.57 bits per heavy atom. The molecule has 0 unspecified atom stereocenters. The van der Waals surface area contributed by atoms with Crippen molar-refractivity contribution in [3.05, 3.63) is 50.8 Å². The fraction of sp³-hybridized carbons (Fsp3) is 0.333. The van der Waals surface area contributed by atoms with E-state index in [0.717, 1.165) is 16.2 Å². The Bertz CT molecular complexity index is 710. The molecule has 0 saturated carbocycles. The highest BCUT2D eigenvalue weighted by atomic mass is 79.9. The lowest BCUT2D eigenvalue weighted by atomic mass is 10.0. The Hall–Kier alpha value is -1.56. The van der Waals surface area contributed by atoms with E-state index in [4.69, 9.17) is 0 Å². The lowest BCUT2D eigenvalue weighted by molar-refractivity contribution is 0.0986. The number of aryl methyl sites for hydroxylation is 3. The van der Waals surface area contributed by atoms with Crippen molar-refractivity contribution in [1.82, 2.24) is 9.78 Å². The van der Waals surface area contributed by atoms with E-state index < -0.39 is 17.4 Å².